The molecule has 1 heterocycles. The van der Waals surface area contributed by atoms with Crippen molar-refractivity contribution in [3.8, 4) is 6.07 Å². The molecule has 1 fully saturated rings. The average molecular weight is 325 g/mol. The first kappa shape index (κ1) is 19.2. The van der Waals surface area contributed by atoms with E-state index >= 15 is 0 Å². The van der Waals surface area contributed by atoms with Gasteiger partial charge in [0.05, 0.1) is 12.2 Å². The van der Waals surface area contributed by atoms with Gasteiger partial charge in [0.15, 0.2) is 0 Å². The number of carbonyl (C=O) groups excluding carboxylic acids is 2. The molecule has 0 aromatic heterocycles. The summed E-state index contributed by atoms with van der Waals surface area (Å²) in [5.41, 5.74) is -0.630. The summed E-state index contributed by atoms with van der Waals surface area (Å²) < 4.78 is 10.6. The Balaban J connectivity index is 2.50. The van der Waals surface area contributed by atoms with Gasteiger partial charge in [0.1, 0.15) is 11.6 Å². The quantitative estimate of drug-likeness (QED) is 0.696. The first-order valence-electron chi connectivity index (χ1n) is 8.07. The molecule has 0 radical (unpaired) electrons. The van der Waals surface area contributed by atoms with Gasteiger partial charge in [-0.2, -0.15) is 5.26 Å². The molecule has 7 heteroatoms. The predicted molar refractivity (Wildman–Crippen MR) is 84.6 cm³/mol. The Labute approximate surface area is 137 Å². The number of carbonyl (C=O) groups is 2. The Morgan fingerprint density at radius 3 is 2.74 bits per heavy atom. The van der Waals surface area contributed by atoms with Crippen LogP contribution >= 0.6 is 0 Å². The lowest BCUT2D eigenvalue weighted by Gasteiger charge is -2.23. The Morgan fingerprint density at radius 2 is 2.17 bits per heavy atom. The first-order chi connectivity index (χ1) is 10.8. The zero-order chi connectivity index (χ0) is 17.3. The highest BCUT2D eigenvalue weighted by atomic mass is 16.6. The zero-order valence-corrected chi connectivity index (χ0v) is 14.2. The summed E-state index contributed by atoms with van der Waals surface area (Å²) in [5, 5.41) is 14.0. The number of ether oxygens (including phenoxy) is 2. The summed E-state index contributed by atoms with van der Waals surface area (Å²) in [7, 11) is 0. The second-order valence-corrected chi connectivity index (χ2v) is 6.63. The van der Waals surface area contributed by atoms with E-state index in [1.165, 1.54) is 0 Å². The maximum Gasteiger partial charge on any atom is 0.408 e. The smallest absolute Gasteiger partial charge is 0.408 e. The molecule has 130 valence electrons. The molecule has 23 heavy (non-hydrogen) atoms. The molecular weight excluding hydrogens is 298 g/mol. The van der Waals surface area contributed by atoms with Crippen LogP contribution in [-0.4, -0.2) is 42.9 Å². The minimum absolute atomic E-state index is 0.0419. The Morgan fingerprint density at radius 1 is 1.43 bits per heavy atom. The Bertz CT molecular complexity index is 434. The van der Waals surface area contributed by atoms with Crippen molar-refractivity contribution in [2.75, 3.05) is 13.2 Å². The van der Waals surface area contributed by atoms with E-state index in [-0.39, 0.29) is 12.0 Å². The SMILES string of the molecule is CC(C)(C)OC(=O)N[C@H](CCCC#N)C(=O)NC[C@H]1CCCO1. The van der Waals surface area contributed by atoms with Crippen LogP contribution in [0.25, 0.3) is 0 Å². The molecule has 2 amide bonds. The van der Waals surface area contributed by atoms with Crippen LogP contribution < -0.4 is 10.6 Å². The molecule has 1 saturated heterocycles. The lowest BCUT2D eigenvalue weighted by molar-refractivity contribution is -0.123. The largest absolute Gasteiger partial charge is 0.444 e. The molecule has 7 nitrogen and oxygen atoms in total. The van der Waals surface area contributed by atoms with E-state index in [2.05, 4.69) is 10.6 Å². The average Bonchev–Trinajstić information content (AvgIpc) is 2.95. The van der Waals surface area contributed by atoms with Crippen molar-refractivity contribution in [2.45, 2.75) is 70.6 Å². The van der Waals surface area contributed by atoms with Gasteiger partial charge in [-0.05, 0) is 46.5 Å². The van der Waals surface area contributed by atoms with Crippen LogP contribution in [0.15, 0.2) is 0 Å². The fourth-order valence-corrected chi connectivity index (χ4v) is 2.25. The molecule has 0 bridgehead atoms. The zero-order valence-electron chi connectivity index (χ0n) is 14.2. The lowest BCUT2D eigenvalue weighted by atomic mass is 10.1. The second kappa shape index (κ2) is 9.36. The van der Waals surface area contributed by atoms with Gasteiger partial charge in [0.25, 0.3) is 0 Å². The van der Waals surface area contributed by atoms with Gasteiger partial charge in [0.2, 0.25) is 5.91 Å². The summed E-state index contributed by atoms with van der Waals surface area (Å²) in [6, 6.07) is 1.33. The van der Waals surface area contributed by atoms with Crippen LogP contribution in [0.5, 0.6) is 0 Å². The number of amides is 2. The Kier molecular flexibility index (Phi) is 7.83. The topological polar surface area (TPSA) is 100 Å². The molecular formula is C16H27N3O4. The summed E-state index contributed by atoms with van der Waals surface area (Å²) in [6.45, 7) is 6.43. The number of nitrogens with zero attached hydrogens (tertiary/aromatic N) is 1. The molecule has 1 aliphatic heterocycles. The van der Waals surface area contributed by atoms with Crippen LogP contribution in [0, 0.1) is 11.3 Å². The van der Waals surface area contributed by atoms with Crippen LogP contribution in [0.3, 0.4) is 0 Å². The number of alkyl carbamates (subject to hydrolysis) is 1. The van der Waals surface area contributed by atoms with E-state index in [0.29, 0.717) is 25.8 Å². The fourth-order valence-electron chi connectivity index (χ4n) is 2.25. The van der Waals surface area contributed by atoms with E-state index in [1.807, 2.05) is 6.07 Å². The number of hydrogen-bond donors (Lipinski definition) is 2. The normalized spacial score (nSPS) is 18.8. The summed E-state index contributed by atoms with van der Waals surface area (Å²) >= 11 is 0. The fraction of sp³-hybridized carbons (Fsp3) is 0.812. The van der Waals surface area contributed by atoms with Gasteiger partial charge in [-0.1, -0.05) is 0 Å². The maximum absolute atomic E-state index is 12.3. The van der Waals surface area contributed by atoms with Crippen LogP contribution in [0.2, 0.25) is 0 Å². The van der Waals surface area contributed by atoms with Crippen molar-refractivity contribution in [3.63, 3.8) is 0 Å². The lowest BCUT2D eigenvalue weighted by Crippen LogP contribution is -2.49. The van der Waals surface area contributed by atoms with Crippen molar-refractivity contribution in [1.29, 1.82) is 5.26 Å². The summed E-state index contributed by atoms with van der Waals surface area (Å²) in [5.74, 6) is -0.274. The van der Waals surface area contributed by atoms with Gasteiger partial charge in [-0.3, -0.25) is 4.79 Å². The van der Waals surface area contributed by atoms with E-state index in [9.17, 15) is 9.59 Å². The van der Waals surface area contributed by atoms with E-state index in [4.69, 9.17) is 14.7 Å². The molecule has 0 saturated carbocycles. The molecule has 0 spiro atoms. The Hall–Kier alpha value is -1.81. The van der Waals surface area contributed by atoms with Gasteiger partial charge in [-0.15, -0.1) is 0 Å². The molecule has 2 N–H and O–H groups in total. The first-order valence-corrected chi connectivity index (χ1v) is 8.07. The van der Waals surface area contributed by atoms with E-state index < -0.39 is 17.7 Å². The third-order valence-corrected chi connectivity index (χ3v) is 3.32. The third kappa shape index (κ3) is 8.41. The van der Waals surface area contributed by atoms with Crippen LogP contribution in [-0.2, 0) is 14.3 Å². The van der Waals surface area contributed by atoms with Crippen molar-refractivity contribution >= 4 is 12.0 Å². The second-order valence-electron chi connectivity index (χ2n) is 6.63. The standard InChI is InChI=1S/C16H27N3O4/c1-16(2,3)23-15(21)19-13(8-4-5-9-17)14(20)18-11-12-7-6-10-22-12/h12-13H,4-8,10-11H2,1-3H3,(H,18,20)(H,19,21)/t12-,13-/m1/s1. The number of rotatable bonds is 7. The molecule has 0 unspecified atom stereocenters. The molecule has 1 aliphatic rings. The number of nitrogens with one attached hydrogen (secondary N) is 2. The van der Waals surface area contributed by atoms with E-state index in [1.54, 1.807) is 20.8 Å². The summed E-state index contributed by atoms with van der Waals surface area (Å²) in [4.78, 5) is 24.1. The maximum atomic E-state index is 12.3. The molecule has 0 aliphatic carbocycles. The van der Waals surface area contributed by atoms with Gasteiger partial charge >= 0.3 is 6.09 Å². The minimum atomic E-state index is -0.709. The van der Waals surface area contributed by atoms with Crippen LogP contribution in [0.1, 0.15) is 52.9 Å². The van der Waals surface area contributed by atoms with Gasteiger partial charge < -0.3 is 20.1 Å². The monoisotopic (exact) mass is 325 g/mol. The van der Waals surface area contributed by atoms with Crippen molar-refractivity contribution in [3.05, 3.63) is 0 Å². The number of nitriles is 1. The highest BCUT2D eigenvalue weighted by Gasteiger charge is 2.25. The number of unbranched alkanes of at least 4 members (excludes halogenated alkanes) is 1. The molecule has 0 aromatic rings. The van der Waals surface area contributed by atoms with Gasteiger partial charge in [0, 0.05) is 19.6 Å². The van der Waals surface area contributed by atoms with Gasteiger partial charge in [-0.25, -0.2) is 4.79 Å². The predicted octanol–water partition coefficient (Wildman–Crippen LogP) is 1.87. The van der Waals surface area contributed by atoms with E-state index in [0.717, 1.165) is 19.4 Å². The molecule has 2 atom stereocenters. The molecule has 1 rings (SSSR count). The third-order valence-electron chi connectivity index (χ3n) is 3.32. The van der Waals surface area contributed by atoms with Crippen LogP contribution in [0.4, 0.5) is 4.79 Å². The highest BCUT2D eigenvalue weighted by molar-refractivity contribution is 5.85. The summed E-state index contributed by atoms with van der Waals surface area (Å²) in [6.07, 6.45) is 2.60. The highest BCUT2D eigenvalue weighted by Crippen LogP contribution is 2.11. The molecule has 0 aromatic carbocycles. The number of hydrogen-bond acceptors (Lipinski definition) is 5. The minimum Gasteiger partial charge on any atom is -0.444 e. The van der Waals surface area contributed by atoms with Crippen molar-refractivity contribution in [2.24, 2.45) is 0 Å². The van der Waals surface area contributed by atoms with Crippen molar-refractivity contribution in [1.82, 2.24) is 10.6 Å². The van der Waals surface area contributed by atoms with Crippen molar-refractivity contribution < 1.29 is 19.1 Å².